The Balaban J connectivity index is 1.28. The Labute approximate surface area is 164 Å². The zero-order valence-corrected chi connectivity index (χ0v) is 17.2. The second kappa shape index (κ2) is 8.22. The van der Waals surface area contributed by atoms with Gasteiger partial charge in [-0.05, 0) is 56.2 Å². The van der Waals surface area contributed by atoms with Gasteiger partial charge in [-0.1, -0.05) is 25.0 Å². The fourth-order valence-electron chi connectivity index (χ4n) is 5.56. The third kappa shape index (κ3) is 4.16. The molecule has 1 aliphatic carbocycles. The Bertz CT molecular complexity index is 666. The van der Waals surface area contributed by atoms with E-state index < -0.39 is 0 Å². The van der Waals surface area contributed by atoms with Crippen molar-refractivity contribution in [1.29, 1.82) is 0 Å². The van der Waals surface area contributed by atoms with Crippen LogP contribution in [0.3, 0.4) is 0 Å². The number of amides is 1. The van der Waals surface area contributed by atoms with Crippen LogP contribution in [-0.4, -0.2) is 56.6 Å². The van der Waals surface area contributed by atoms with E-state index >= 15 is 0 Å². The Morgan fingerprint density at radius 1 is 1.04 bits per heavy atom. The molecule has 2 heterocycles. The first kappa shape index (κ1) is 18.8. The molecule has 1 aromatic carbocycles. The Hall–Kier alpha value is -1.55. The molecule has 0 aromatic heterocycles. The highest BCUT2D eigenvalue weighted by Gasteiger charge is 2.35. The molecule has 148 valence electrons. The summed E-state index contributed by atoms with van der Waals surface area (Å²) in [6, 6.07) is 6.54. The van der Waals surface area contributed by atoms with Gasteiger partial charge in [-0.15, -0.1) is 0 Å². The SMILES string of the molecule is Cc1cccc(N2CCN(C(=O)C[NH+]3CC[C@H]4CCCC[C@@H]4C3)CC2)c1C. The normalized spacial score (nSPS) is 28.7. The molecule has 1 N–H and O–H groups in total. The van der Waals surface area contributed by atoms with Gasteiger partial charge in [0.2, 0.25) is 0 Å². The average molecular weight is 371 g/mol. The number of quaternary nitrogens is 1. The lowest BCUT2D eigenvalue weighted by molar-refractivity contribution is -0.903. The van der Waals surface area contributed by atoms with Crippen molar-refractivity contribution in [2.75, 3.05) is 50.7 Å². The number of carbonyl (C=O) groups excluding carboxylic acids is 1. The topological polar surface area (TPSA) is 28.0 Å². The maximum absolute atomic E-state index is 12.9. The third-order valence-electron chi connectivity index (χ3n) is 7.44. The predicted octanol–water partition coefficient (Wildman–Crippen LogP) is 2.05. The highest BCUT2D eigenvalue weighted by Crippen LogP contribution is 2.32. The number of benzene rings is 1. The van der Waals surface area contributed by atoms with Gasteiger partial charge in [0.1, 0.15) is 0 Å². The van der Waals surface area contributed by atoms with Gasteiger partial charge in [-0.3, -0.25) is 4.79 Å². The Morgan fingerprint density at radius 2 is 1.78 bits per heavy atom. The smallest absolute Gasteiger partial charge is 0.277 e. The summed E-state index contributed by atoms with van der Waals surface area (Å²) in [6.07, 6.45) is 7.01. The van der Waals surface area contributed by atoms with Crippen molar-refractivity contribution in [2.45, 2.75) is 46.0 Å². The van der Waals surface area contributed by atoms with Crippen molar-refractivity contribution in [2.24, 2.45) is 11.8 Å². The minimum Gasteiger partial charge on any atom is -0.368 e. The van der Waals surface area contributed by atoms with Crippen LogP contribution in [0.2, 0.25) is 0 Å². The number of hydrogen-bond donors (Lipinski definition) is 1. The molecule has 3 atom stereocenters. The van der Waals surface area contributed by atoms with Crippen LogP contribution >= 0.6 is 0 Å². The number of anilines is 1. The number of nitrogens with one attached hydrogen (secondary N) is 1. The van der Waals surface area contributed by atoms with Crippen LogP contribution in [-0.2, 0) is 4.79 Å². The minimum absolute atomic E-state index is 0.375. The summed E-state index contributed by atoms with van der Waals surface area (Å²) in [5.41, 5.74) is 4.06. The molecule has 0 bridgehead atoms. The first-order chi connectivity index (χ1) is 13.1. The van der Waals surface area contributed by atoms with E-state index in [1.807, 2.05) is 0 Å². The summed E-state index contributed by atoms with van der Waals surface area (Å²) < 4.78 is 0. The van der Waals surface area contributed by atoms with E-state index in [0.717, 1.165) is 38.0 Å². The van der Waals surface area contributed by atoms with E-state index in [0.29, 0.717) is 12.5 Å². The molecule has 4 nitrogen and oxygen atoms in total. The van der Waals surface area contributed by atoms with Crippen molar-refractivity contribution in [3.05, 3.63) is 29.3 Å². The molecule has 0 radical (unpaired) electrons. The first-order valence-corrected chi connectivity index (χ1v) is 11.0. The third-order valence-corrected chi connectivity index (χ3v) is 7.44. The number of piperazine rings is 1. The van der Waals surface area contributed by atoms with Gasteiger partial charge in [0.05, 0.1) is 13.1 Å². The van der Waals surface area contributed by atoms with E-state index in [4.69, 9.17) is 0 Å². The van der Waals surface area contributed by atoms with Crippen molar-refractivity contribution in [3.8, 4) is 0 Å². The second-order valence-electron chi connectivity index (χ2n) is 9.06. The molecule has 3 aliphatic rings. The fraction of sp³-hybridized carbons (Fsp3) is 0.696. The number of hydrogen-bond acceptors (Lipinski definition) is 2. The molecular weight excluding hydrogens is 334 g/mol. The van der Waals surface area contributed by atoms with Crippen molar-refractivity contribution < 1.29 is 9.69 Å². The minimum atomic E-state index is 0.375. The number of aryl methyl sites for hydroxylation is 1. The van der Waals surface area contributed by atoms with E-state index in [1.165, 1.54) is 62.0 Å². The quantitative estimate of drug-likeness (QED) is 0.882. The summed E-state index contributed by atoms with van der Waals surface area (Å²) >= 11 is 0. The Morgan fingerprint density at radius 3 is 2.56 bits per heavy atom. The molecule has 1 aromatic rings. The first-order valence-electron chi connectivity index (χ1n) is 11.0. The van der Waals surface area contributed by atoms with Crippen molar-refractivity contribution in [3.63, 3.8) is 0 Å². The van der Waals surface area contributed by atoms with E-state index in [9.17, 15) is 4.79 Å². The molecule has 2 aliphatic heterocycles. The molecule has 1 saturated carbocycles. The lowest BCUT2D eigenvalue weighted by Crippen LogP contribution is -3.15. The van der Waals surface area contributed by atoms with Gasteiger partial charge in [-0.25, -0.2) is 0 Å². The van der Waals surface area contributed by atoms with Crippen molar-refractivity contribution >= 4 is 11.6 Å². The number of piperidine rings is 1. The van der Waals surface area contributed by atoms with Crippen molar-refractivity contribution in [1.82, 2.24) is 4.90 Å². The summed E-state index contributed by atoms with van der Waals surface area (Å²) in [4.78, 5) is 19.0. The molecule has 0 spiro atoms. The number of carbonyl (C=O) groups is 1. The number of fused-ring (bicyclic) bond motifs is 1. The lowest BCUT2D eigenvalue weighted by Gasteiger charge is -2.40. The fourth-order valence-corrected chi connectivity index (χ4v) is 5.56. The molecule has 1 unspecified atom stereocenters. The van der Waals surface area contributed by atoms with Crippen LogP contribution < -0.4 is 9.80 Å². The highest BCUT2D eigenvalue weighted by atomic mass is 16.2. The van der Waals surface area contributed by atoms with Gasteiger partial charge in [-0.2, -0.15) is 0 Å². The van der Waals surface area contributed by atoms with Crippen LogP contribution in [0.25, 0.3) is 0 Å². The number of nitrogens with zero attached hydrogens (tertiary/aromatic N) is 2. The Kier molecular flexibility index (Phi) is 5.72. The van der Waals surface area contributed by atoms with Crippen LogP contribution in [0.15, 0.2) is 18.2 Å². The van der Waals surface area contributed by atoms with Crippen LogP contribution in [0.4, 0.5) is 5.69 Å². The molecule has 4 rings (SSSR count). The zero-order valence-electron chi connectivity index (χ0n) is 17.2. The monoisotopic (exact) mass is 370 g/mol. The summed E-state index contributed by atoms with van der Waals surface area (Å²) in [6.45, 7) is 11.2. The molecule has 2 saturated heterocycles. The molecule has 4 heteroatoms. The van der Waals surface area contributed by atoms with Gasteiger partial charge in [0.15, 0.2) is 6.54 Å². The lowest BCUT2D eigenvalue weighted by atomic mass is 9.75. The summed E-state index contributed by atoms with van der Waals surface area (Å²) in [5.74, 6) is 2.22. The zero-order chi connectivity index (χ0) is 18.8. The van der Waals surface area contributed by atoms with Gasteiger partial charge in [0.25, 0.3) is 5.91 Å². The predicted molar refractivity (Wildman–Crippen MR) is 110 cm³/mol. The maximum Gasteiger partial charge on any atom is 0.277 e. The molecule has 1 amide bonds. The standard InChI is InChI=1S/C23H35N3O/c1-18-6-5-9-22(19(18)2)25-12-14-26(15-13-25)23(27)17-24-11-10-20-7-3-4-8-21(20)16-24/h5-6,9,20-21H,3-4,7-8,10-17H2,1-2H3/p+1/t20-,21-/m1/s1. The second-order valence-corrected chi connectivity index (χ2v) is 9.06. The van der Waals surface area contributed by atoms with E-state index in [-0.39, 0.29) is 0 Å². The summed E-state index contributed by atoms with van der Waals surface area (Å²) in [5, 5.41) is 0. The van der Waals surface area contributed by atoms with Gasteiger partial charge >= 0.3 is 0 Å². The van der Waals surface area contributed by atoms with Gasteiger partial charge in [0, 0.05) is 37.8 Å². The molecular formula is C23H36N3O+. The van der Waals surface area contributed by atoms with Crippen LogP contribution in [0.1, 0.15) is 43.2 Å². The number of likely N-dealkylation sites (tertiary alicyclic amines) is 1. The number of rotatable bonds is 3. The maximum atomic E-state index is 12.9. The molecule has 3 fully saturated rings. The van der Waals surface area contributed by atoms with E-state index in [2.05, 4.69) is 41.8 Å². The molecule has 27 heavy (non-hydrogen) atoms. The van der Waals surface area contributed by atoms with Gasteiger partial charge < -0.3 is 14.7 Å². The summed E-state index contributed by atoms with van der Waals surface area (Å²) in [7, 11) is 0. The van der Waals surface area contributed by atoms with Crippen LogP contribution in [0, 0.1) is 25.7 Å². The largest absolute Gasteiger partial charge is 0.368 e. The van der Waals surface area contributed by atoms with Crippen LogP contribution in [0.5, 0.6) is 0 Å². The average Bonchev–Trinajstić information content (AvgIpc) is 2.70. The van der Waals surface area contributed by atoms with E-state index in [1.54, 1.807) is 4.90 Å². The highest BCUT2D eigenvalue weighted by molar-refractivity contribution is 5.77.